The highest BCUT2D eigenvalue weighted by Crippen LogP contribution is 2.41. The third-order valence-corrected chi connectivity index (χ3v) is 5.74. The van der Waals surface area contributed by atoms with E-state index in [0.717, 1.165) is 5.56 Å². The van der Waals surface area contributed by atoms with Crippen molar-refractivity contribution in [2.45, 2.75) is 38.8 Å². The molecule has 1 N–H and O–H groups in total. The molecule has 0 spiro atoms. The highest BCUT2D eigenvalue weighted by atomic mass is 16.5. The molecule has 2 aromatic rings. The van der Waals surface area contributed by atoms with Crippen molar-refractivity contribution in [3.63, 3.8) is 0 Å². The average molecular weight is 467 g/mol. The Morgan fingerprint density at radius 1 is 1.12 bits per heavy atom. The summed E-state index contributed by atoms with van der Waals surface area (Å²) in [5, 5.41) is 10.8. The number of aryl methyl sites for hydroxylation is 1. The minimum Gasteiger partial charge on any atom is -0.503 e. The van der Waals surface area contributed by atoms with Crippen molar-refractivity contribution in [2.75, 3.05) is 34.3 Å². The number of rotatable bonds is 11. The van der Waals surface area contributed by atoms with Gasteiger partial charge < -0.3 is 24.4 Å². The molecule has 7 heteroatoms. The summed E-state index contributed by atoms with van der Waals surface area (Å²) in [7, 11) is 5.38. The number of carbonyl (C=O) groups excluding carboxylic acids is 2. The molecule has 0 fully saturated rings. The van der Waals surface area contributed by atoms with Crippen LogP contribution in [0.1, 0.15) is 37.4 Å². The molecule has 3 rings (SSSR count). The van der Waals surface area contributed by atoms with Gasteiger partial charge in [0.1, 0.15) is 0 Å². The maximum Gasteiger partial charge on any atom is 0.290 e. The van der Waals surface area contributed by atoms with Crippen molar-refractivity contribution in [2.24, 2.45) is 0 Å². The first kappa shape index (κ1) is 25.3. The van der Waals surface area contributed by atoms with E-state index in [-0.39, 0.29) is 23.9 Å². The van der Waals surface area contributed by atoms with E-state index in [1.165, 1.54) is 0 Å². The molecule has 34 heavy (non-hydrogen) atoms. The quantitative estimate of drug-likeness (QED) is 0.540. The van der Waals surface area contributed by atoms with Gasteiger partial charge in [0.15, 0.2) is 23.0 Å². The fourth-order valence-electron chi connectivity index (χ4n) is 4.07. The van der Waals surface area contributed by atoms with Crippen molar-refractivity contribution in [1.29, 1.82) is 0 Å². The van der Waals surface area contributed by atoms with Gasteiger partial charge in [0, 0.05) is 19.5 Å². The number of amides is 1. The third kappa shape index (κ3) is 5.78. The Bertz CT molecular complexity index is 1050. The highest BCUT2D eigenvalue weighted by molar-refractivity contribution is 6.09. The van der Waals surface area contributed by atoms with Crippen molar-refractivity contribution < 1.29 is 24.2 Å². The van der Waals surface area contributed by atoms with Crippen LogP contribution in [0.5, 0.6) is 11.5 Å². The van der Waals surface area contributed by atoms with Crippen molar-refractivity contribution in [3.8, 4) is 11.5 Å². The molecule has 2 aromatic carbocycles. The second kappa shape index (κ2) is 11.2. The van der Waals surface area contributed by atoms with Gasteiger partial charge >= 0.3 is 0 Å². The Labute approximate surface area is 201 Å². The van der Waals surface area contributed by atoms with Crippen molar-refractivity contribution in [3.05, 3.63) is 71.0 Å². The molecule has 0 saturated carbocycles. The first-order valence-corrected chi connectivity index (χ1v) is 11.5. The van der Waals surface area contributed by atoms with Crippen LogP contribution in [-0.4, -0.2) is 67.0 Å². The van der Waals surface area contributed by atoms with E-state index in [0.29, 0.717) is 36.6 Å². The number of Topliss-reactive ketones (excluding diaryl/α,β-unsaturated/α-hetero) is 1. The smallest absolute Gasteiger partial charge is 0.290 e. The Morgan fingerprint density at radius 3 is 2.44 bits per heavy atom. The standard InChI is InChI=1S/C27H34N2O5/c1-18(2)34-22-14-12-20(17-23(22)33-5)25-24(21(30)13-11-19-9-7-6-8-10-19)26(31)27(32)29(25)16-15-28(3)4/h6-10,12,14,17-18,25,31H,11,13,15-16H2,1-5H3. The third-order valence-electron chi connectivity index (χ3n) is 5.74. The van der Waals surface area contributed by atoms with Gasteiger partial charge in [-0.3, -0.25) is 9.59 Å². The van der Waals surface area contributed by atoms with E-state index in [2.05, 4.69) is 0 Å². The maximum atomic E-state index is 13.3. The maximum absolute atomic E-state index is 13.3. The van der Waals surface area contributed by atoms with E-state index in [4.69, 9.17) is 9.47 Å². The predicted molar refractivity (Wildman–Crippen MR) is 131 cm³/mol. The number of ketones is 1. The summed E-state index contributed by atoms with van der Waals surface area (Å²) in [5.41, 5.74) is 1.85. The number of carbonyl (C=O) groups is 2. The molecular weight excluding hydrogens is 432 g/mol. The van der Waals surface area contributed by atoms with Crippen LogP contribution in [0.25, 0.3) is 0 Å². The summed E-state index contributed by atoms with van der Waals surface area (Å²) in [4.78, 5) is 29.9. The minimum atomic E-state index is -0.697. The molecule has 1 aliphatic heterocycles. The molecule has 0 aromatic heterocycles. The zero-order valence-corrected chi connectivity index (χ0v) is 20.6. The Morgan fingerprint density at radius 2 is 1.82 bits per heavy atom. The van der Waals surface area contributed by atoms with Crippen molar-refractivity contribution >= 4 is 11.7 Å². The molecule has 0 aliphatic carbocycles. The Balaban J connectivity index is 1.97. The van der Waals surface area contributed by atoms with E-state index in [1.807, 2.05) is 69.2 Å². The molecule has 1 aliphatic rings. The zero-order chi connectivity index (χ0) is 24.8. The van der Waals surface area contributed by atoms with Crippen molar-refractivity contribution in [1.82, 2.24) is 9.80 Å². The lowest BCUT2D eigenvalue weighted by molar-refractivity contribution is -0.129. The van der Waals surface area contributed by atoms with Crippen LogP contribution in [-0.2, 0) is 16.0 Å². The fraction of sp³-hybridized carbons (Fsp3) is 0.407. The van der Waals surface area contributed by atoms with Gasteiger partial charge in [-0.1, -0.05) is 36.4 Å². The lowest BCUT2D eigenvalue weighted by Gasteiger charge is -2.28. The molecule has 1 atom stereocenters. The number of likely N-dealkylation sites (N-methyl/N-ethyl adjacent to an activating group) is 1. The van der Waals surface area contributed by atoms with E-state index >= 15 is 0 Å². The van der Waals surface area contributed by atoms with Gasteiger partial charge in [0.05, 0.1) is 24.8 Å². The largest absolute Gasteiger partial charge is 0.503 e. The molecule has 1 amide bonds. The second-order valence-corrected chi connectivity index (χ2v) is 8.95. The monoisotopic (exact) mass is 466 g/mol. The van der Waals surface area contributed by atoms with E-state index < -0.39 is 17.7 Å². The summed E-state index contributed by atoms with van der Waals surface area (Å²) >= 11 is 0. The fourth-order valence-corrected chi connectivity index (χ4v) is 4.07. The molecule has 1 unspecified atom stereocenters. The molecular formula is C27H34N2O5. The van der Waals surface area contributed by atoms with Crippen LogP contribution < -0.4 is 9.47 Å². The Hall–Kier alpha value is -3.32. The van der Waals surface area contributed by atoms with Crippen LogP contribution in [0.4, 0.5) is 0 Å². The number of methoxy groups -OCH3 is 1. The van der Waals surface area contributed by atoms with Crippen LogP contribution in [0.15, 0.2) is 59.9 Å². The number of aliphatic hydroxyl groups excluding tert-OH is 1. The molecule has 182 valence electrons. The van der Waals surface area contributed by atoms with Gasteiger partial charge in [-0.25, -0.2) is 0 Å². The van der Waals surface area contributed by atoms with Gasteiger partial charge in [-0.2, -0.15) is 0 Å². The Kier molecular flexibility index (Phi) is 8.34. The zero-order valence-electron chi connectivity index (χ0n) is 20.6. The van der Waals surface area contributed by atoms with Crippen LogP contribution in [0.3, 0.4) is 0 Å². The summed E-state index contributed by atoms with van der Waals surface area (Å²) in [6.45, 7) is 4.81. The first-order valence-electron chi connectivity index (χ1n) is 11.5. The number of benzene rings is 2. The number of hydrogen-bond acceptors (Lipinski definition) is 6. The topological polar surface area (TPSA) is 79.3 Å². The SMILES string of the molecule is COc1cc(C2C(C(=O)CCc3ccccc3)=C(O)C(=O)N2CCN(C)C)ccc1OC(C)C. The predicted octanol–water partition coefficient (Wildman–Crippen LogP) is 3.94. The lowest BCUT2D eigenvalue weighted by atomic mass is 9.93. The number of ether oxygens (including phenoxy) is 2. The normalized spacial score (nSPS) is 16.0. The number of nitrogens with zero attached hydrogens (tertiary/aromatic N) is 2. The summed E-state index contributed by atoms with van der Waals surface area (Å²) in [5.74, 6) is -0.155. The summed E-state index contributed by atoms with van der Waals surface area (Å²) in [6.07, 6.45) is 0.684. The lowest BCUT2D eigenvalue weighted by Crippen LogP contribution is -2.36. The van der Waals surface area contributed by atoms with Crippen LogP contribution >= 0.6 is 0 Å². The first-order chi connectivity index (χ1) is 16.2. The molecule has 0 saturated heterocycles. The number of aliphatic hydroxyl groups is 1. The van der Waals surface area contributed by atoms with Gasteiger partial charge in [0.2, 0.25) is 0 Å². The second-order valence-electron chi connectivity index (χ2n) is 8.95. The molecule has 0 bridgehead atoms. The van der Waals surface area contributed by atoms with Gasteiger partial charge in [0.25, 0.3) is 5.91 Å². The number of hydrogen-bond donors (Lipinski definition) is 1. The minimum absolute atomic E-state index is 0.0385. The van der Waals surface area contributed by atoms with Crippen LogP contribution in [0.2, 0.25) is 0 Å². The van der Waals surface area contributed by atoms with Gasteiger partial charge in [-0.05, 0) is 57.6 Å². The highest BCUT2D eigenvalue weighted by Gasteiger charge is 2.43. The molecule has 1 heterocycles. The summed E-state index contributed by atoms with van der Waals surface area (Å²) in [6, 6.07) is 14.4. The van der Waals surface area contributed by atoms with Gasteiger partial charge in [-0.15, -0.1) is 0 Å². The van der Waals surface area contributed by atoms with Crippen LogP contribution in [0, 0.1) is 0 Å². The van der Waals surface area contributed by atoms with E-state index in [1.54, 1.807) is 24.1 Å². The summed E-state index contributed by atoms with van der Waals surface area (Å²) < 4.78 is 11.4. The molecule has 7 nitrogen and oxygen atoms in total. The molecule has 0 radical (unpaired) electrons. The van der Waals surface area contributed by atoms with E-state index in [9.17, 15) is 14.7 Å². The average Bonchev–Trinajstić information content (AvgIpc) is 3.06.